The van der Waals surface area contributed by atoms with Crippen molar-refractivity contribution in [2.45, 2.75) is 17.6 Å². The quantitative estimate of drug-likeness (QED) is 0.181. The van der Waals surface area contributed by atoms with E-state index in [9.17, 15) is 0 Å². The summed E-state index contributed by atoms with van der Waals surface area (Å²) in [6.45, 7) is 0. The van der Waals surface area contributed by atoms with Crippen molar-refractivity contribution in [3.8, 4) is 44.9 Å². The minimum Gasteiger partial charge on any atom is -0.456 e. The van der Waals surface area contributed by atoms with Crippen LogP contribution in [0, 0.1) is 0 Å². The Kier molecular flexibility index (Phi) is 8.37. The maximum atomic E-state index is 6.95. The van der Waals surface area contributed by atoms with Gasteiger partial charge in [0, 0.05) is 38.5 Å². The van der Waals surface area contributed by atoms with Crippen molar-refractivity contribution in [3.05, 3.63) is 269 Å². The van der Waals surface area contributed by atoms with E-state index in [4.69, 9.17) is 9.15 Å². The number of fused-ring (bicyclic) bond motifs is 14. The van der Waals surface area contributed by atoms with Gasteiger partial charge in [-0.2, -0.15) is 0 Å². The molecule has 0 radical (unpaired) electrons. The van der Waals surface area contributed by atoms with E-state index in [1.807, 2.05) is 12.1 Å². The van der Waals surface area contributed by atoms with Crippen LogP contribution in [0.4, 0.5) is 0 Å². The highest BCUT2D eigenvalue weighted by molar-refractivity contribution is 6.09. The second-order valence-corrected chi connectivity index (χ2v) is 18.0. The number of furan rings is 1. The fraction of sp³-hybridized carbons (Fsp3) is 0.0476. The van der Waals surface area contributed by atoms with Gasteiger partial charge in [-0.05, 0) is 79.2 Å². The minimum atomic E-state index is -0.599. The van der Waals surface area contributed by atoms with E-state index in [0.717, 1.165) is 77.7 Å². The Morgan fingerprint density at radius 3 is 1.94 bits per heavy atom. The SMILES string of the molecule is C1=C(c2ccc(-c3cccc4c3oc3ccccc34)cc2)NC(c2ccc(-c3cccc4c3C3(c5ccccc5Oc5c3ccc3ccccc53)c3ccccc3-4)cc2)NC1c1ccccc1. The van der Waals surface area contributed by atoms with Crippen LogP contribution >= 0.6 is 0 Å². The third-order valence-corrected chi connectivity index (χ3v) is 14.5. The van der Waals surface area contributed by atoms with Crippen LogP contribution in [0.3, 0.4) is 0 Å². The molecule has 0 fully saturated rings. The number of para-hydroxylation sites is 3. The predicted molar refractivity (Wildman–Crippen MR) is 272 cm³/mol. The van der Waals surface area contributed by atoms with E-state index >= 15 is 0 Å². The zero-order valence-electron chi connectivity index (χ0n) is 36.4. The van der Waals surface area contributed by atoms with Gasteiger partial charge in [0.05, 0.1) is 11.5 Å². The lowest BCUT2D eigenvalue weighted by molar-refractivity contribution is 0.442. The molecule has 67 heavy (non-hydrogen) atoms. The molecule has 0 amide bonds. The van der Waals surface area contributed by atoms with Gasteiger partial charge in [-0.1, -0.05) is 212 Å². The van der Waals surface area contributed by atoms with Gasteiger partial charge in [0.15, 0.2) is 0 Å². The monoisotopic (exact) mass is 858 g/mol. The topological polar surface area (TPSA) is 46.4 Å². The van der Waals surface area contributed by atoms with Gasteiger partial charge < -0.3 is 14.5 Å². The highest BCUT2D eigenvalue weighted by Gasteiger charge is 2.52. The summed E-state index contributed by atoms with van der Waals surface area (Å²) in [5.41, 5.74) is 17.8. The molecular formula is C63H42N2O2. The van der Waals surface area contributed by atoms with E-state index in [1.54, 1.807) is 0 Å². The standard InChI is InChI=1S/C63H42N2O2/c1-2-15-42(16-3-1)55-38-56(43-32-28-41(29-33-43)46-21-13-23-51-49-19-7-10-26-57(49)66-60(46)51)65-62(64-55)44-34-30-40(31-35-44)45-20-12-22-50-48-18-6-8-24-52(48)63(59(45)50)53-25-9-11-27-58(53)67-61-47-17-5-4-14-39(47)36-37-54(61)63/h1-38,55,62,64-65H. The number of hydrogen-bond acceptors (Lipinski definition) is 4. The van der Waals surface area contributed by atoms with Crippen LogP contribution in [0.1, 0.15) is 51.2 Å². The number of ether oxygens (including phenoxy) is 1. The molecule has 4 nitrogen and oxygen atoms in total. The zero-order chi connectivity index (χ0) is 44.1. The first-order valence-corrected chi connectivity index (χ1v) is 23.1. The summed E-state index contributed by atoms with van der Waals surface area (Å²) in [6, 6.07) is 81.0. The molecule has 14 rings (SSSR count). The van der Waals surface area contributed by atoms with Gasteiger partial charge in [0.2, 0.25) is 0 Å². The van der Waals surface area contributed by atoms with Crippen LogP contribution in [-0.4, -0.2) is 0 Å². The highest BCUT2D eigenvalue weighted by atomic mass is 16.5. The summed E-state index contributed by atoms with van der Waals surface area (Å²) < 4.78 is 13.4. The molecule has 316 valence electrons. The van der Waals surface area contributed by atoms with Crippen molar-refractivity contribution in [1.82, 2.24) is 10.6 Å². The molecule has 0 saturated heterocycles. The summed E-state index contributed by atoms with van der Waals surface area (Å²) in [5.74, 6) is 1.82. The average molecular weight is 859 g/mol. The van der Waals surface area contributed by atoms with Gasteiger partial charge in [-0.15, -0.1) is 0 Å². The second kappa shape index (κ2) is 14.8. The summed E-state index contributed by atoms with van der Waals surface area (Å²) >= 11 is 0. The van der Waals surface area contributed by atoms with Crippen molar-refractivity contribution >= 4 is 38.4 Å². The van der Waals surface area contributed by atoms with Crippen LogP contribution in [0.15, 0.2) is 235 Å². The fourth-order valence-electron chi connectivity index (χ4n) is 11.4. The molecule has 1 spiro atoms. The highest BCUT2D eigenvalue weighted by Crippen LogP contribution is 2.64. The molecule has 0 bridgehead atoms. The van der Waals surface area contributed by atoms with E-state index in [-0.39, 0.29) is 12.2 Å². The fourth-order valence-corrected chi connectivity index (χ4v) is 11.4. The Balaban J connectivity index is 0.857. The number of hydrogen-bond donors (Lipinski definition) is 2. The number of benzene rings is 10. The average Bonchev–Trinajstić information content (AvgIpc) is 3.93. The minimum absolute atomic E-state index is 0.00778. The Hall–Kier alpha value is -8.44. The summed E-state index contributed by atoms with van der Waals surface area (Å²) in [6.07, 6.45) is 2.16. The normalized spacial score (nSPS) is 17.9. The molecule has 3 atom stereocenters. The molecule has 3 unspecified atom stereocenters. The van der Waals surface area contributed by atoms with Crippen molar-refractivity contribution in [1.29, 1.82) is 0 Å². The summed E-state index contributed by atoms with van der Waals surface area (Å²) in [7, 11) is 0. The third-order valence-electron chi connectivity index (χ3n) is 14.5. The third kappa shape index (κ3) is 5.70. The molecule has 11 aromatic rings. The van der Waals surface area contributed by atoms with Crippen molar-refractivity contribution in [2.75, 3.05) is 0 Å². The van der Waals surface area contributed by atoms with Crippen molar-refractivity contribution < 1.29 is 9.15 Å². The van der Waals surface area contributed by atoms with E-state index in [1.165, 1.54) is 44.5 Å². The van der Waals surface area contributed by atoms with Gasteiger partial charge in [0.25, 0.3) is 0 Å². The lowest BCUT2D eigenvalue weighted by Gasteiger charge is -2.40. The summed E-state index contributed by atoms with van der Waals surface area (Å²) in [5, 5.41) is 12.4. The van der Waals surface area contributed by atoms with Crippen LogP contribution in [-0.2, 0) is 5.41 Å². The van der Waals surface area contributed by atoms with E-state index in [0.29, 0.717) is 0 Å². The van der Waals surface area contributed by atoms with E-state index in [2.05, 4.69) is 229 Å². The maximum absolute atomic E-state index is 6.95. The van der Waals surface area contributed by atoms with Gasteiger partial charge in [-0.3, -0.25) is 5.32 Å². The maximum Gasteiger partial charge on any atom is 0.143 e. The van der Waals surface area contributed by atoms with Gasteiger partial charge in [0.1, 0.15) is 28.8 Å². The van der Waals surface area contributed by atoms with Crippen LogP contribution in [0.2, 0.25) is 0 Å². The Labute approximate surface area is 388 Å². The zero-order valence-corrected chi connectivity index (χ0v) is 36.4. The number of nitrogens with one attached hydrogen (secondary N) is 2. The molecule has 4 heteroatoms. The smallest absolute Gasteiger partial charge is 0.143 e. The lowest BCUT2D eigenvalue weighted by Crippen LogP contribution is -2.39. The molecular weight excluding hydrogens is 817 g/mol. The lowest BCUT2D eigenvalue weighted by atomic mass is 9.64. The molecule has 1 aliphatic carbocycles. The molecule has 10 aromatic carbocycles. The Morgan fingerprint density at radius 2 is 1.06 bits per heavy atom. The van der Waals surface area contributed by atoms with Crippen LogP contribution in [0.5, 0.6) is 11.5 Å². The van der Waals surface area contributed by atoms with Crippen molar-refractivity contribution in [3.63, 3.8) is 0 Å². The Morgan fingerprint density at radius 1 is 0.418 bits per heavy atom. The van der Waals surface area contributed by atoms with E-state index < -0.39 is 5.41 Å². The first-order valence-electron chi connectivity index (χ1n) is 23.1. The second-order valence-electron chi connectivity index (χ2n) is 18.0. The molecule has 2 N–H and O–H groups in total. The molecule has 3 aliphatic rings. The van der Waals surface area contributed by atoms with Crippen LogP contribution in [0.25, 0.3) is 71.8 Å². The first-order chi connectivity index (χ1) is 33.2. The largest absolute Gasteiger partial charge is 0.456 e. The first kappa shape index (κ1) is 37.9. The number of rotatable bonds is 5. The summed E-state index contributed by atoms with van der Waals surface area (Å²) in [4.78, 5) is 0. The van der Waals surface area contributed by atoms with Crippen LogP contribution < -0.4 is 15.4 Å². The molecule has 0 saturated carbocycles. The van der Waals surface area contributed by atoms with Crippen molar-refractivity contribution in [2.24, 2.45) is 0 Å². The molecule has 3 heterocycles. The Bertz CT molecular complexity index is 3790. The molecule has 1 aromatic heterocycles. The molecule has 2 aliphatic heterocycles. The van der Waals surface area contributed by atoms with Gasteiger partial charge >= 0.3 is 0 Å². The predicted octanol–water partition coefficient (Wildman–Crippen LogP) is 15.5. The van der Waals surface area contributed by atoms with Gasteiger partial charge in [-0.25, -0.2) is 0 Å².